The molecule has 0 aliphatic heterocycles. The lowest BCUT2D eigenvalue weighted by Crippen LogP contribution is -2.42. The maximum absolute atomic E-state index is 12.5. The van der Waals surface area contributed by atoms with Crippen molar-refractivity contribution in [3.8, 4) is 0 Å². The molecule has 2 aliphatic carbocycles. The molecule has 0 aromatic carbocycles. The molecule has 2 saturated carbocycles. The minimum absolute atomic E-state index is 0.0666. The normalized spacial score (nSPS) is 27.8. The van der Waals surface area contributed by atoms with Crippen LogP contribution in [0.5, 0.6) is 0 Å². The molecule has 0 bridgehead atoms. The highest BCUT2D eigenvalue weighted by atomic mass is 16.1. The van der Waals surface area contributed by atoms with Crippen LogP contribution in [0.15, 0.2) is 0 Å². The zero-order valence-electron chi connectivity index (χ0n) is 12.4. The van der Waals surface area contributed by atoms with Crippen molar-refractivity contribution in [2.24, 2.45) is 11.3 Å². The van der Waals surface area contributed by atoms with E-state index in [1.807, 2.05) is 0 Å². The number of hydrogen-bond acceptors (Lipinski definition) is 2. The summed E-state index contributed by atoms with van der Waals surface area (Å²) in [6.07, 6.45) is 8.68. The third kappa shape index (κ3) is 3.34. The smallest absolute Gasteiger partial charge is 0.142 e. The lowest BCUT2D eigenvalue weighted by molar-refractivity contribution is -0.135. The second-order valence-corrected chi connectivity index (χ2v) is 6.92. The zero-order chi connectivity index (χ0) is 13.2. The molecule has 18 heavy (non-hydrogen) atoms. The van der Waals surface area contributed by atoms with E-state index in [1.54, 1.807) is 0 Å². The Kier molecular flexibility index (Phi) is 4.47. The highest BCUT2D eigenvalue weighted by molar-refractivity contribution is 5.87. The van der Waals surface area contributed by atoms with Gasteiger partial charge in [-0.2, -0.15) is 0 Å². The molecule has 104 valence electrons. The van der Waals surface area contributed by atoms with Crippen LogP contribution in [0.4, 0.5) is 0 Å². The molecule has 0 amide bonds. The average molecular weight is 251 g/mol. The third-order valence-electron chi connectivity index (χ3n) is 4.71. The van der Waals surface area contributed by atoms with E-state index in [0.717, 1.165) is 25.4 Å². The fourth-order valence-corrected chi connectivity index (χ4v) is 3.28. The fraction of sp³-hybridized carbons (Fsp3) is 0.938. The van der Waals surface area contributed by atoms with Gasteiger partial charge in [0.15, 0.2) is 0 Å². The van der Waals surface area contributed by atoms with Crippen LogP contribution in [0.3, 0.4) is 0 Å². The van der Waals surface area contributed by atoms with Gasteiger partial charge in [-0.25, -0.2) is 0 Å². The monoisotopic (exact) mass is 251 g/mol. The van der Waals surface area contributed by atoms with Crippen LogP contribution >= 0.6 is 0 Å². The van der Waals surface area contributed by atoms with Crippen molar-refractivity contribution >= 4 is 5.78 Å². The van der Waals surface area contributed by atoms with Crippen LogP contribution in [0.2, 0.25) is 0 Å². The first-order valence-electron chi connectivity index (χ1n) is 7.83. The largest absolute Gasteiger partial charge is 0.300 e. The Bertz CT molecular complexity index is 293. The summed E-state index contributed by atoms with van der Waals surface area (Å²) >= 11 is 0. The molecule has 0 radical (unpaired) electrons. The molecule has 2 aliphatic rings. The van der Waals surface area contributed by atoms with Gasteiger partial charge in [0.05, 0.1) is 0 Å². The summed E-state index contributed by atoms with van der Waals surface area (Å²) < 4.78 is 0. The van der Waals surface area contributed by atoms with Gasteiger partial charge in [-0.3, -0.25) is 9.69 Å². The summed E-state index contributed by atoms with van der Waals surface area (Å²) in [6.45, 7) is 8.75. The Hall–Kier alpha value is -0.370. The van der Waals surface area contributed by atoms with Crippen LogP contribution in [0, 0.1) is 11.3 Å². The van der Waals surface area contributed by atoms with Crippen molar-refractivity contribution in [1.29, 1.82) is 0 Å². The summed E-state index contributed by atoms with van der Waals surface area (Å²) in [5.74, 6) is 0.835. The molecule has 1 unspecified atom stereocenters. The maximum Gasteiger partial charge on any atom is 0.142 e. The SMILES string of the molecule is CCCCN(CC1CCCC(C)(C)C1=O)C1CC1. The molecule has 0 spiro atoms. The number of carbonyl (C=O) groups is 1. The highest BCUT2D eigenvalue weighted by Gasteiger charge is 2.39. The predicted octanol–water partition coefficient (Wildman–Crippen LogP) is 3.65. The quantitative estimate of drug-likeness (QED) is 0.718. The van der Waals surface area contributed by atoms with Gasteiger partial charge in [-0.05, 0) is 38.6 Å². The molecular formula is C16H29NO. The number of hydrogen-bond donors (Lipinski definition) is 0. The predicted molar refractivity (Wildman–Crippen MR) is 75.6 cm³/mol. The van der Waals surface area contributed by atoms with Crippen molar-refractivity contribution in [1.82, 2.24) is 4.90 Å². The Labute approximate surface area is 112 Å². The van der Waals surface area contributed by atoms with Gasteiger partial charge in [-0.1, -0.05) is 33.6 Å². The van der Waals surface area contributed by atoms with Gasteiger partial charge in [0.1, 0.15) is 5.78 Å². The van der Waals surface area contributed by atoms with E-state index in [4.69, 9.17) is 0 Å². The fourth-order valence-electron chi connectivity index (χ4n) is 3.28. The van der Waals surface area contributed by atoms with Gasteiger partial charge < -0.3 is 0 Å². The van der Waals surface area contributed by atoms with Crippen LogP contribution < -0.4 is 0 Å². The third-order valence-corrected chi connectivity index (χ3v) is 4.71. The van der Waals surface area contributed by atoms with Crippen molar-refractivity contribution in [3.05, 3.63) is 0 Å². The summed E-state index contributed by atoms with van der Waals surface area (Å²) in [5.41, 5.74) is -0.0666. The van der Waals surface area contributed by atoms with Crippen molar-refractivity contribution in [2.75, 3.05) is 13.1 Å². The summed E-state index contributed by atoms with van der Waals surface area (Å²) in [5, 5.41) is 0. The van der Waals surface area contributed by atoms with E-state index in [0.29, 0.717) is 11.7 Å². The van der Waals surface area contributed by atoms with Crippen molar-refractivity contribution in [3.63, 3.8) is 0 Å². The number of nitrogens with zero attached hydrogens (tertiary/aromatic N) is 1. The van der Waals surface area contributed by atoms with Crippen LogP contribution in [0.1, 0.15) is 65.7 Å². The molecule has 2 rings (SSSR count). The standard InChI is InChI=1S/C16H29NO/c1-4-5-11-17(14-8-9-14)12-13-7-6-10-16(2,3)15(13)18/h13-14H,4-12H2,1-3H3. The van der Waals surface area contributed by atoms with Gasteiger partial charge >= 0.3 is 0 Å². The van der Waals surface area contributed by atoms with Crippen LogP contribution in [-0.2, 0) is 4.79 Å². The van der Waals surface area contributed by atoms with Gasteiger partial charge in [-0.15, -0.1) is 0 Å². The van der Waals surface area contributed by atoms with Crippen LogP contribution in [0.25, 0.3) is 0 Å². The molecule has 0 heterocycles. The summed E-state index contributed by atoms with van der Waals surface area (Å²) in [6, 6.07) is 0.800. The average Bonchev–Trinajstić information content (AvgIpc) is 3.14. The van der Waals surface area contributed by atoms with E-state index in [-0.39, 0.29) is 5.41 Å². The topological polar surface area (TPSA) is 20.3 Å². The highest BCUT2D eigenvalue weighted by Crippen LogP contribution is 2.37. The Morgan fingerprint density at radius 1 is 1.28 bits per heavy atom. The first-order valence-corrected chi connectivity index (χ1v) is 7.83. The Morgan fingerprint density at radius 2 is 2.00 bits per heavy atom. The first kappa shape index (κ1) is 14.0. The minimum Gasteiger partial charge on any atom is -0.300 e. The Morgan fingerprint density at radius 3 is 2.61 bits per heavy atom. The molecular weight excluding hydrogens is 222 g/mol. The van der Waals surface area contributed by atoms with E-state index < -0.39 is 0 Å². The van der Waals surface area contributed by atoms with E-state index in [2.05, 4.69) is 25.7 Å². The number of ketones is 1. The Balaban J connectivity index is 1.91. The first-order chi connectivity index (χ1) is 8.54. The molecule has 2 nitrogen and oxygen atoms in total. The van der Waals surface area contributed by atoms with Crippen molar-refractivity contribution in [2.45, 2.75) is 71.8 Å². The van der Waals surface area contributed by atoms with Crippen LogP contribution in [-0.4, -0.2) is 29.8 Å². The summed E-state index contributed by atoms with van der Waals surface area (Å²) in [4.78, 5) is 15.1. The van der Waals surface area contributed by atoms with E-state index in [1.165, 1.54) is 38.6 Å². The number of rotatable bonds is 6. The van der Waals surface area contributed by atoms with E-state index >= 15 is 0 Å². The minimum atomic E-state index is -0.0666. The van der Waals surface area contributed by atoms with Gasteiger partial charge in [0.2, 0.25) is 0 Å². The zero-order valence-corrected chi connectivity index (χ0v) is 12.4. The summed E-state index contributed by atoms with van der Waals surface area (Å²) in [7, 11) is 0. The molecule has 0 aromatic rings. The van der Waals surface area contributed by atoms with E-state index in [9.17, 15) is 4.79 Å². The molecule has 0 saturated heterocycles. The molecule has 2 fully saturated rings. The van der Waals surface area contributed by atoms with Crippen molar-refractivity contribution < 1.29 is 4.79 Å². The lowest BCUT2D eigenvalue weighted by Gasteiger charge is -2.36. The second kappa shape index (κ2) is 5.73. The number of Topliss-reactive ketones (excluding diaryl/α,β-unsaturated/α-hetero) is 1. The molecule has 0 aromatic heterocycles. The molecule has 0 N–H and O–H groups in total. The molecule has 1 atom stereocenters. The second-order valence-electron chi connectivity index (χ2n) is 6.92. The maximum atomic E-state index is 12.5. The lowest BCUT2D eigenvalue weighted by atomic mass is 9.71. The van der Waals surface area contributed by atoms with Gasteiger partial charge in [0.25, 0.3) is 0 Å². The molecule has 2 heteroatoms. The van der Waals surface area contributed by atoms with Gasteiger partial charge in [0, 0.05) is 23.9 Å². The number of unbranched alkanes of at least 4 members (excludes halogenated alkanes) is 1. The number of carbonyl (C=O) groups excluding carboxylic acids is 1.